The van der Waals surface area contributed by atoms with Gasteiger partial charge in [-0.25, -0.2) is 0 Å². The first-order valence-electron chi connectivity index (χ1n) is 10.5. The van der Waals surface area contributed by atoms with Crippen LogP contribution in [-0.4, -0.2) is 37.4 Å². The van der Waals surface area contributed by atoms with Crippen LogP contribution in [0.1, 0.15) is 67.7 Å². The van der Waals surface area contributed by atoms with Gasteiger partial charge in [0.05, 0.1) is 5.57 Å². The second kappa shape index (κ2) is 10.9. The molecule has 1 aliphatic carbocycles. The molecule has 1 aliphatic heterocycles. The molecule has 0 radical (unpaired) electrons. The summed E-state index contributed by atoms with van der Waals surface area (Å²) in [5, 5.41) is 2.73. The largest absolute Gasteiger partial charge is 0.455 e. The van der Waals surface area contributed by atoms with Crippen LogP contribution in [0.15, 0.2) is 47.2 Å². The molecular weight excluding hydrogens is 382 g/mol. The summed E-state index contributed by atoms with van der Waals surface area (Å²) >= 11 is 0. The predicted octanol–water partition coefficient (Wildman–Crippen LogP) is 4.22. The van der Waals surface area contributed by atoms with E-state index in [0.29, 0.717) is 17.7 Å². The van der Waals surface area contributed by atoms with Crippen molar-refractivity contribution in [2.45, 2.75) is 53.2 Å². The van der Waals surface area contributed by atoms with Gasteiger partial charge >= 0.3 is 0 Å². The number of allylic oxidation sites excluding steroid dienone is 2. The predicted molar refractivity (Wildman–Crippen MR) is 115 cm³/mol. The molecule has 0 fully saturated rings. The van der Waals surface area contributed by atoms with Crippen LogP contribution >= 0.6 is 0 Å². The third-order valence-electron chi connectivity index (χ3n) is 5.01. The summed E-state index contributed by atoms with van der Waals surface area (Å²) in [4.78, 5) is 37.8. The molecule has 3 rings (SSSR count). The summed E-state index contributed by atoms with van der Waals surface area (Å²) < 4.78 is 10.8. The van der Waals surface area contributed by atoms with Gasteiger partial charge in [0.2, 0.25) is 6.29 Å². The summed E-state index contributed by atoms with van der Waals surface area (Å²) in [6.07, 6.45) is 3.34. The smallest absolute Gasteiger partial charge is 0.286 e. The Morgan fingerprint density at radius 2 is 1.73 bits per heavy atom. The maximum absolute atomic E-state index is 12.8. The normalized spacial score (nSPS) is 17.4. The Morgan fingerprint density at radius 3 is 2.27 bits per heavy atom. The number of Topliss-reactive ketones (excluding diaryl/α,β-unsaturated/α-hetero) is 2. The topological polar surface area (TPSA) is 81.7 Å². The van der Waals surface area contributed by atoms with Gasteiger partial charge in [-0.2, -0.15) is 0 Å². The van der Waals surface area contributed by atoms with Crippen molar-refractivity contribution in [3.05, 3.63) is 58.4 Å². The molecule has 6 heteroatoms. The van der Waals surface area contributed by atoms with E-state index in [1.165, 1.54) is 19.6 Å². The lowest BCUT2D eigenvalue weighted by Gasteiger charge is -2.29. The number of benzene rings is 1. The number of unbranched alkanes of at least 4 members (excludes halogenated alkanes) is 1. The Balaban J connectivity index is 0.000000575. The van der Waals surface area contributed by atoms with E-state index in [2.05, 4.69) is 26.1 Å². The van der Waals surface area contributed by atoms with Gasteiger partial charge in [-0.3, -0.25) is 14.4 Å². The molecular formula is C24H31NO5. The Hall–Kier alpha value is -2.73. The Labute approximate surface area is 178 Å². The van der Waals surface area contributed by atoms with Crippen LogP contribution in [0.25, 0.3) is 0 Å². The lowest BCUT2D eigenvalue weighted by atomic mass is 9.82. The van der Waals surface area contributed by atoms with Crippen LogP contribution in [0.5, 0.6) is 0 Å². The summed E-state index contributed by atoms with van der Waals surface area (Å²) in [7, 11) is 1.37. The number of ketones is 2. The third kappa shape index (κ3) is 5.25. The van der Waals surface area contributed by atoms with E-state index in [1.54, 1.807) is 24.3 Å². The SMILES string of the molecule is CCC(C)C.CCCCNC(=O)C1=CC2=C(C(=O)c3ccccc3C2=O)C(OC)O1. The zero-order chi connectivity index (χ0) is 22.3. The molecule has 1 aromatic carbocycles. The van der Waals surface area contributed by atoms with E-state index < -0.39 is 12.2 Å². The van der Waals surface area contributed by atoms with Crippen LogP contribution < -0.4 is 5.32 Å². The minimum absolute atomic E-state index is 0.0257. The van der Waals surface area contributed by atoms with Gasteiger partial charge in [0, 0.05) is 30.4 Å². The molecule has 1 heterocycles. The van der Waals surface area contributed by atoms with E-state index in [4.69, 9.17) is 9.47 Å². The Morgan fingerprint density at radius 1 is 1.13 bits per heavy atom. The highest BCUT2D eigenvalue weighted by atomic mass is 16.7. The van der Waals surface area contributed by atoms with Gasteiger partial charge in [-0.05, 0) is 18.4 Å². The summed E-state index contributed by atoms with van der Waals surface area (Å²) in [5.41, 5.74) is 0.935. The highest BCUT2D eigenvalue weighted by Gasteiger charge is 2.40. The van der Waals surface area contributed by atoms with E-state index in [9.17, 15) is 14.4 Å². The number of carbonyl (C=O) groups excluding carboxylic acids is 3. The maximum Gasteiger partial charge on any atom is 0.286 e. The van der Waals surface area contributed by atoms with Crippen molar-refractivity contribution in [2.24, 2.45) is 5.92 Å². The average Bonchev–Trinajstić information content (AvgIpc) is 2.77. The molecule has 30 heavy (non-hydrogen) atoms. The Bertz CT molecular complexity index is 866. The van der Waals surface area contributed by atoms with Crippen LogP contribution in [-0.2, 0) is 14.3 Å². The second-order valence-corrected chi connectivity index (χ2v) is 7.64. The Kier molecular flexibility index (Phi) is 8.54. The standard InChI is InChI=1S/C19H19NO5.C5H12/c1-3-4-9-20-18(23)14-10-13-15(19(24-2)25-14)17(22)12-8-6-5-7-11(12)16(13)21;1-4-5(2)3/h5-8,10,19H,3-4,9H2,1-2H3,(H,20,23);5H,4H2,1-3H3. The molecule has 1 aromatic rings. The van der Waals surface area contributed by atoms with Crippen LogP contribution in [0.3, 0.4) is 0 Å². The molecule has 1 unspecified atom stereocenters. The lowest BCUT2D eigenvalue weighted by molar-refractivity contribution is -0.128. The summed E-state index contributed by atoms with van der Waals surface area (Å²) in [6, 6.07) is 6.60. The first-order chi connectivity index (χ1) is 14.3. The van der Waals surface area contributed by atoms with Crippen molar-refractivity contribution in [1.82, 2.24) is 5.32 Å². The summed E-state index contributed by atoms with van der Waals surface area (Å²) in [6.45, 7) is 9.17. The van der Waals surface area contributed by atoms with E-state index in [-0.39, 0.29) is 28.5 Å². The van der Waals surface area contributed by atoms with Crippen molar-refractivity contribution >= 4 is 17.5 Å². The fourth-order valence-electron chi connectivity index (χ4n) is 2.88. The minimum Gasteiger partial charge on any atom is -0.455 e. The first-order valence-corrected chi connectivity index (χ1v) is 10.5. The van der Waals surface area contributed by atoms with Gasteiger partial charge in [-0.1, -0.05) is 64.8 Å². The molecule has 0 spiro atoms. The molecule has 0 saturated carbocycles. The van der Waals surface area contributed by atoms with Gasteiger partial charge in [0.15, 0.2) is 17.3 Å². The molecule has 0 bridgehead atoms. The number of rotatable bonds is 6. The number of amides is 1. The summed E-state index contributed by atoms with van der Waals surface area (Å²) in [5.74, 6) is -0.202. The van der Waals surface area contributed by atoms with Gasteiger partial charge in [0.25, 0.3) is 5.91 Å². The zero-order valence-corrected chi connectivity index (χ0v) is 18.4. The molecule has 2 aliphatic rings. The highest BCUT2D eigenvalue weighted by Crippen LogP contribution is 2.34. The van der Waals surface area contributed by atoms with E-state index >= 15 is 0 Å². The maximum atomic E-state index is 12.8. The first kappa shape index (κ1) is 23.5. The van der Waals surface area contributed by atoms with Gasteiger partial charge < -0.3 is 14.8 Å². The van der Waals surface area contributed by atoms with Crippen molar-refractivity contribution < 1.29 is 23.9 Å². The fourth-order valence-corrected chi connectivity index (χ4v) is 2.88. The monoisotopic (exact) mass is 413 g/mol. The quantitative estimate of drug-likeness (QED) is 0.706. The van der Waals surface area contributed by atoms with Crippen LogP contribution in [0.2, 0.25) is 0 Å². The number of fused-ring (bicyclic) bond motifs is 1. The van der Waals surface area contributed by atoms with E-state index in [1.807, 2.05) is 6.92 Å². The number of nitrogens with one attached hydrogen (secondary N) is 1. The highest BCUT2D eigenvalue weighted by molar-refractivity contribution is 6.28. The number of methoxy groups -OCH3 is 1. The number of ether oxygens (including phenoxy) is 2. The second-order valence-electron chi connectivity index (χ2n) is 7.64. The van der Waals surface area contributed by atoms with Crippen molar-refractivity contribution in [2.75, 3.05) is 13.7 Å². The number of hydrogen-bond donors (Lipinski definition) is 1. The van der Waals surface area contributed by atoms with E-state index in [0.717, 1.165) is 18.8 Å². The third-order valence-corrected chi connectivity index (χ3v) is 5.01. The van der Waals surface area contributed by atoms with Crippen LogP contribution in [0, 0.1) is 5.92 Å². The minimum atomic E-state index is -1.09. The molecule has 1 N–H and O–H groups in total. The number of hydrogen-bond acceptors (Lipinski definition) is 5. The average molecular weight is 414 g/mol. The molecule has 0 saturated heterocycles. The van der Waals surface area contributed by atoms with Gasteiger partial charge in [0.1, 0.15) is 0 Å². The van der Waals surface area contributed by atoms with Crippen LogP contribution in [0.4, 0.5) is 0 Å². The molecule has 162 valence electrons. The van der Waals surface area contributed by atoms with Crippen molar-refractivity contribution in [3.63, 3.8) is 0 Å². The van der Waals surface area contributed by atoms with Crippen molar-refractivity contribution in [1.29, 1.82) is 0 Å². The molecule has 0 aromatic heterocycles. The lowest BCUT2D eigenvalue weighted by Crippen LogP contribution is -2.37. The fraction of sp³-hybridized carbons (Fsp3) is 0.458. The molecule has 6 nitrogen and oxygen atoms in total. The molecule has 1 amide bonds. The van der Waals surface area contributed by atoms with Crippen molar-refractivity contribution in [3.8, 4) is 0 Å². The number of carbonyl (C=O) groups is 3. The van der Waals surface area contributed by atoms with Gasteiger partial charge in [-0.15, -0.1) is 0 Å². The molecule has 1 atom stereocenters. The zero-order valence-electron chi connectivity index (χ0n) is 18.4.